The van der Waals surface area contributed by atoms with Crippen LogP contribution in [-0.4, -0.2) is 52.9 Å². The molecule has 1 saturated heterocycles. The van der Waals surface area contributed by atoms with Crippen molar-refractivity contribution in [3.05, 3.63) is 29.3 Å². The molecule has 32 heavy (non-hydrogen) atoms. The van der Waals surface area contributed by atoms with Gasteiger partial charge in [-0.3, -0.25) is 9.59 Å². The molecule has 2 atom stereocenters. The molecule has 2 amide bonds. The van der Waals surface area contributed by atoms with Gasteiger partial charge in [-0.1, -0.05) is 39.8 Å². The Balaban J connectivity index is 1.50. The molecule has 4 rings (SSSR count). The van der Waals surface area contributed by atoms with E-state index in [1.165, 1.54) is 5.56 Å². The number of likely N-dealkylation sites (tertiary alicyclic amines) is 1. The number of hydrogen-bond donors (Lipinski definition) is 1. The molecule has 176 valence electrons. The van der Waals surface area contributed by atoms with Gasteiger partial charge in [0.1, 0.15) is 5.75 Å². The Kier molecular flexibility index (Phi) is 6.06. The summed E-state index contributed by atoms with van der Waals surface area (Å²) in [4.78, 5) is 30.4. The van der Waals surface area contributed by atoms with Crippen molar-refractivity contribution < 1.29 is 14.7 Å². The highest BCUT2D eigenvalue weighted by atomic mass is 16.3. The second kappa shape index (κ2) is 8.39. The van der Waals surface area contributed by atoms with Crippen LogP contribution >= 0.6 is 0 Å². The van der Waals surface area contributed by atoms with Crippen LogP contribution in [0.5, 0.6) is 5.75 Å². The van der Waals surface area contributed by atoms with Crippen LogP contribution in [0.25, 0.3) is 0 Å². The topological polar surface area (TPSA) is 60.9 Å². The van der Waals surface area contributed by atoms with Gasteiger partial charge in [-0.2, -0.15) is 0 Å². The molecule has 0 unspecified atom stereocenters. The van der Waals surface area contributed by atoms with E-state index >= 15 is 0 Å². The van der Waals surface area contributed by atoms with E-state index < -0.39 is 0 Å². The van der Waals surface area contributed by atoms with E-state index in [1.54, 1.807) is 6.07 Å². The second-order valence-electron chi connectivity index (χ2n) is 11.2. The van der Waals surface area contributed by atoms with Crippen LogP contribution in [0.1, 0.15) is 77.3 Å². The first-order valence-electron chi connectivity index (χ1n) is 12.5. The molecule has 2 bridgehead atoms. The van der Waals surface area contributed by atoms with E-state index in [-0.39, 0.29) is 40.5 Å². The zero-order valence-electron chi connectivity index (χ0n) is 20.5. The van der Waals surface area contributed by atoms with Crippen molar-refractivity contribution in [2.75, 3.05) is 20.1 Å². The molecule has 0 spiro atoms. The molecule has 3 aliphatic rings. The third-order valence-electron chi connectivity index (χ3n) is 9.27. The molecule has 1 saturated carbocycles. The number of piperidine rings is 1. The van der Waals surface area contributed by atoms with E-state index in [4.69, 9.17) is 0 Å². The summed E-state index contributed by atoms with van der Waals surface area (Å²) in [5, 5.41) is 10.6. The first-order chi connectivity index (χ1) is 15.1. The van der Waals surface area contributed by atoms with Gasteiger partial charge in [-0.15, -0.1) is 0 Å². The van der Waals surface area contributed by atoms with Gasteiger partial charge in [0.15, 0.2) is 0 Å². The number of rotatable bonds is 4. The Morgan fingerprint density at radius 3 is 2.44 bits per heavy atom. The Bertz CT molecular complexity index is 887. The molecule has 0 radical (unpaired) electrons. The van der Waals surface area contributed by atoms with Crippen LogP contribution in [-0.2, 0) is 21.4 Å². The summed E-state index contributed by atoms with van der Waals surface area (Å²) in [5.74, 6) is 0.944. The Morgan fingerprint density at radius 2 is 1.78 bits per heavy atom. The summed E-state index contributed by atoms with van der Waals surface area (Å²) in [6.45, 7) is 10.6. The molecule has 1 aliphatic heterocycles. The molecule has 1 N–H and O–H groups in total. The standard InChI is InChI=1S/C27H40N2O3/c1-6-15-28(5)24(31)18-10-12-19(13-11-18)25(32)29-16-14-27(4)21-8-7-9-22(30)20(21)17-23(29)26(27,2)3/h7-9,18-19,23,30H,6,10-17H2,1-5H3/t18?,19?,23-,27-/m0/s1. The molecule has 0 aromatic heterocycles. The maximum Gasteiger partial charge on any atom is 0.225 e. The molecule has 1 aromatic rings. The lowest BCUT2D eigenvalue weighted by Gasteiger charge is -2.61. The van der Waals surface area contributed by atoms with Crippen LogP contribution in [0.2, 0.25) is 0 Å². The maximum absolute atomic E-state index is 13.7. The third kappa shape index (κ3) is 3.52. The zero-order chi connectivity index (χ0) is 23.3. The van der Waals surface area contributed by atoms with Gasteiger partial charge >= 0.3 is 0 Å². The number of phenolic OH excluding ortho intramolecular Hbond substituents is 1. The molecule has 1 heterocycles. The summed E-state index contributed by atoms with van der Waals surface area (Å²) in [6.07, 6.45) is 5.83. The van der Waals surface area contributed by atoms with Gasteiger partial charge < -0.3 is 14.9 Å². The fourth-order valence-corrected chi connectivity index (χ4v) is 6.77. The minimum absolute atomic E-state index is 0.0152. The molecule has 2 fully saturated rings. The van der Waals surface area contributed by atoms with Crippen molar-refractivity contribution in [1.82, 2.24) is 9.80 Å². The second-order valence-corrected chi connectivity index (χ2v) is 11.2. The number of nitrogens with zero attached hydrogens (tertiary/aromatic N) is 2. The average Bonchev–Trinajstić information content (AvgIpc) is 2.76. The molecule has 5 nitrogen and oxygen atoms in total. The van der Waals surface area contributed by atoms with Gasteiger partial charge in [0.05, 0.1) is 0 Å². The summed E-state index contributed by atoms with van der Waals surface area (Å²) in [7, 11) is 1.90. The number of fused-ring (bicyclic) bond motifs is 4. The SMILES string of the molecule is CCCN(C)C(=O)C1CCC(C(=O)N2CC[C@@]3(C)c4cccc(O)c4C[C@H]2C3(C)C)CC1. The minimum Gasteiger partial charge on any atom is -0.508 e. The Morgan fingerprint density at radius 1 is 1.12 bits per heavy atom. The van der Waals surface area contributed by atoms with Crippen LogP contribution in [0, 0.1) is 17.3 Å². The van der Waals surface area contributed by atoms with Gasteiger partial charge in [0.2, 0.25) is 11.8 Å². The van der Waals surface area contributed by atoms with Gasteiger partial charge in [0, 0.05) is 43.4 Å². The summed E-state index contributed by atoms with van der Waals surface area (Å²) < 4.78 is 0. The lowest BCUT2D eigenvalue weighted by Crippen LogP contribution is -2.65. The van der Waals surface area contributed by atoms with Crippen molar-refractivity contribution in [2.45, 2.75) is 84.1 Å². The number of carbonyl (C=O) groups excluding carboxylic acids is 2. The summed E-state index contributed by atoms with van der Waals surface area (Å²) in [5.41, 5.74) is 2.14. The lowest BCUT2D eigenvalue weighted by atomic mass is 9.51. The smallest absolute Gasteiger partial charge is 0.225 e. The van der Waals surface area contributed by atoms with E-state index in [0.717, 1.165) is 57.2 Å². The number of benzene rings is 1. The van der Waals surface area contributed by atoms with Crippen molar-refractivity contribution in [2.24, 2.45) is 17.3 Å². The summed E-state index contributed by atoms with van der Waals surface area (Å²) >= 11 is 0. The Hall–Kier alpha value is -2.04. The summed E-state index contributed by atoms with van der Waals surface area (Å²) in [6, 6.07) is 5.98. The number of hydrogen-bond acceptors (Lipinski definition) is 3. The first-order valence-corrected chi connectivity index (χ1v) is 12.5. The van der Waals surface area contributed by atoms with Crippen LogP contribution < -0.4 is 0 Å². The van der Waals surface area contributed by atoms with E-state index in [9.17, 15) is 14.7 Å². The molecule has 2 aliphatic carbocycles. The highest BCUT2D eigenvalue weighted by Crippen LogP contribution is 2.57. The molecular formula is C27H40N2O3. The van der Waals surface area contributed by atoms with E-state index in [2.05, 4.69) is 38.7 Å². The van der Waals surface area contributed by atoms with Gasteiger partial charge in [0.25, 0.3) is 0 Å². The molecule has 5 heteroatoms. The molecular weight excluding hydrogens is 400 g/mol. The fourth-order valence-electron chi connectivity index (χ4n) is 6.77. The number of carbonyl (C=O) groups is 2. The Labute approximate surface area is 193 Å². The number of aromatic hydroxyl groups is 1. The first kappa shape index (κ1) is 23.1. The van der Waals surface area contributed by atoms with Gasteiger partial charge in [-0.05, 0) is 67.6 Å². The predicted molar refractivity (Wildman–Crippen MR) is 126 cm³/mol. The van der Waals surface area contributed by atoms with Crippen LogP contribution in [0.4, 0.5) is 0 Å². The quantitative estimate of drug-likeness (QED) is 0.749. The highest BCUT2D eigenvalue weighted by Gasteiger charge is 2.57. The van der Waals surface area contributed by atoms with Crippen LogP contribution in [0.15, 0.2) is 18.2 Å². The zero-order valence-corrected chi connectivity index (χ0v) is 20.5. The van der Waals surface area contributed by atoms with E-state index in [0.29, 0.717) is 12.2 Å². The van der Waals surface area contributed by atoms with Crippen LogP contribution in [0.3, 0.4) is 0 Å². The maximum atomic E-state index is 13.7. The van der Waals surface area contributed by atoms with Crippen molar-refractivity contribution >= 4 is 11.8 Å². The van der Waals surface area contributed by atoms with E-state index in [1.807, 2.05) is 18.0 Å². The molecule has 1 aromatic carbocycles. The lowest BCUT2D eigenvalue weighted by molar-refractivity contribution is -0.150. The monoisotopic (exact) mass is 440 g/mol. The number of phenols is 1. The van der Waals surface area contributed by atoms with Gasteiger partial charge in [-0.25, -0.2) is 0 Å². The minimum atomic E-state index is -0.0717. The van der Waals surface area contributed by atoms with Crippen molar-refractivity contribution in [1.29, 1.82) is 0 Å². The normalized spacial score (nSPS) is 31.0. The van der Waals surface area contributed by atoms with Crippen molar-refractivity contribution in [3.8, 4) is 5.75 Å². The fraction of sp³-hybridized carbons (Fsp3) is 0.704. The van der Waals surface area contributed by atoms with Crippen molar-refractivity contribution in [3.63, 3.8) is 0 Å². The average molecular weight is 441 g/mol. The third-order valence-corrected chi connectivity index (χ3v) is 9.27. The predicted octanol–water partition coefficient (Wildman–Crippen LogP) is 4.51. The largest absolute Gasteiger partial charge is 0.508 e. The highest BCUT2D eigenvalue weighted by molar-refractivity contribution is 5.82. The number of amides is 2.